The minimum Gasteiger partial charge on any atom is -0.398 e. The topological polar surface area (TPSA) is 63.4 Å². The summed E-state index contributed by atoms with van der Waals surface area (Å²) in [6.45, 7) is -0.902. The lowest BCUT2D eigenvalue weighted by Gasteiger charge is -2.18. The van der Waals surface area contributed by atoms with Crippen LogP contribution in [-0.2, 0) is 10.0 Å². The summed E-state index contributed by atoms with van der Waals surface area (Å²) in [5.41, 5.74) is 5.67. The number of nitrogen functional groups attached to an aromatic ring is 1. The van der Waals surface area contributed by atoms with Crippen molar-refractivity contribution in [1.29, 1.82) is 0 Å². The van der Waals surface area contributed by atoms with Gasteiger partial charge in [-0.25, -0.2) is 17.2 Å². The predicted octanol–water partition coefficient (Wildman–Crippen LogP) is 2.57. The van der Waals surface area contributed by atoms with Gasteiger partial charge in [-0.2, -0.15) is 4.31 Å². The van der Waals surface area contributed by atoms with E-state index in [1.807, 2.05) is 0 Å². The van der Waals surface area contributed by atoms with Crippen molar-refractivity contribution in [2.24, 2.45) is 0 Å². The van der Waals surface area contributed by atoms with Crippen molar-refractivity contribution >= 4 is 43.2 Å². The Hall–Kier alpha value is -0.440. The predicted molar refractivity (Wildman–Crippen MR) is 69.4 cm³/mol. The molecule has 0 saturated carbocycles. The molecule has 0 aliphatic carbocycles. The number of nitrogens with zero attached hydrogens (tertiary/aromatic N) is 1. The zero-order chi connectivity index (χ0) is 14.1. The van der Waals surface area contributed by atoms with Crippen molar-refractivity contribution < 1.29 is 17.2 Å². The summed E-state index contributed by atoms with van der Waals surface area (Å²) in [5.74, 6) is 0. The fraction of sp³-hybridized carbons (Fsp3) is 0.333. The number of sulfonamides is 1. The summed E-state index contributed by atoms with van der Waals surface area (Å²) in [5, 5.41) is 0.111. The molecule has 18 heavy (non-hydrogen) atoms. The first-order valence-electron chi connectivity index (χ1n) is 4.65. The van der Waals surface area contributed by atoms with E-state index in [1.165, 1.54) is 6.07 Å². The highest BCUT2D eigenvalue weighted by atomic mass is 79.9. The van der Waals surface area contributed by atoms with Crippen molar-refractivity contribution in [3.63, 3.8) is 0 Å². The van der Waals surface area contributed by atoms with Crippen molar-refractivity contribution in [2.45, 2.75) is 11.3 Å². The van der Waals surface area contributed by atoms with Gasteiger partial charge in [0.15, 0.2) is 0 Å². The molecule has 0 saturated heterocycles. The Morgan fingerprint density at radius 3 is 2.56 bits per heavy atom. The van der Waals surface area contributed by atoms with Crippen LogP contribution in [0.2, 0.25) is 5.02 Å². The van der Waals surface area contributed by atoms with Crippen LogP contribution in [0.3, 0.4) is 0 Å². The molecule has 0 bridgehead atoms. The molecule has 1 rings (SSSR count). The Morgan fingerprint density at radius 1 is 1.50 bits per heavy atom. The van der Waals surface area contributed by atoms with E-state index in [2.05, 4.69) is 15.9 Å². The zero-order valence-corrected chi connectivity index (χ0v) is 12.4. The fourth-order valence-electron chi connectivity index (χ4n) is 1.23. The maximum Gasteiger partial charge on any atom is 0.252 e. The van der Waals surface area contributed by atoms with Crippen molar-refractivity contribution in [2.75, 3.05) is 19.3 Å². The molecule has 0 aliphatic heterocycles. The molecule has 102 valence electrons. The second-order valence-electron chi connectivity index (χ2n) is 3.48. The fourth-order valence-corrected chi connectivity index (χ4v) is 3.63. The van der Waals surface area contributed by atoms with Gasteiger partial charge in [-0.3, -0.25) is 0 Å². The van der Waals surface area contributed by atoms with Crippen molar-refractivity contribution in [1.82, 2.24) is 4.31 Å². The summed E-state index contributed by atoms with van der Waals surface area (Å²) in [6.07, 6.45) is -2.76. The molecule has 0 unspecified atom stereocenters. The maximum atomic E-state index is 12.2. The van der Waals surface area contributed by atoms with Crippen molar-refractivity contribution in [3.8, 4) is 0 Å². The summed E-state index contributed by atoms with van der Waals surface area (Å²) >= 11 is 8.71. The van der Waals surface area contributed by atoms with Gasteiger partial charge in [-0.05, 0) is 28.1 Å². The molecule has 0 amide bonds. The van der Waals surface area contributed by atoms with Crippen LogP contribution in [0.15, 0.2) is 21.5 Å². The third-order valence-corrected chi connectivity index (χ3v) is 5.33. The Balaban J connectivity index is 3.29. The van der Waals surface area contributed by atoms with E-state index < -0.39 is 23.0 Å². The second kappa shape index (κ2) is 5.68. The van der Waals surface area contributed by atoms with Gasteiger partial charge >= 0.3 is 0 Å². The standard InChI is InChI=1S/C9H10BrClF2N2O2S/c1-15(4-8(12)13)18(16,17)7-3-5(11)2-6(14)9(7)10/h2-3,8H,4,14H2,1H3. The lowest BCUT2D eigenvalue weighted by molar-refractivity contribution is 0.126. The minimum atomic E-state index is -4.07. The number of anilines is 1. The van der Waals surface area contributed by atoms with E-state index in [-0.39, 0.29) is 20.1 Å². The number of nitrogens with two attached hydrogens (primary N) is 1. The average molecular weight is 364 g/mol. The van der Waals surface area contributed by atoms with E-state index in [0.717, 1.165) is 13.1 Å². The third kappa shape index (κ3) is 3.31. The van der Waals surface area contributed by atoms with Crippen molar-refractivity contribution in [3.05, 3.63) is 21.6 Å². The molecule has 0 spiro atoms. The molecule has 1 aromatic rings. The smallest absolute Gasteiger partial charge is 0.252 e. The van der Waals surface area contributed by atoms with E-state index in [4.69, 9.17) is 17.3 Å². The SMILES string of the molecule is CN(CC(F)F)S(=O)(=O)c1cc(Cl)cc(N)c1Br. The number of benzene rings is 1. The number of hydrogen-bond acceptors (Lipinski definition) is 3. The van der Waals surface area contributed by atoms with E-state index >= 15 is 0 Å². The quantitative estimate of drug-likeness (QED) is 0.836. The minimum absolute atomic E-state index is 0.105. The highest BCUT2D eigenvalue weighted by Gasteiger charge is 2.27. The van der Waals surface area contributed by atoms with Crippen LogP contribution in [0.1, 0.15) is 0 Å². The van der Waals surface area contributed by atoms with Crippen LogP contribution >= 0.6 is 27.5 Å². The van der Waals surface area contributed by atoms with Gasteiger partial charge in [-0.15, -0.1) is 0 Å². The lowest BCUT2D eigenvalue weighted by Crippen LogP contribution is -2.31. The number of rotatable bonds is 4. The van der Waals surface area contributed by atoms with Gasteiger partial charge in [0, 0.05) is 17.8 Å². The Labute approximate surface area is 117 Å². The van der Waals surface area contributed by atoms with Crippen LogP contribution in [0.25, 0.3) is 0 Å². The van der Waals surface area contributed by atoms with Gasteiger partial charge in [0.25, 0.3) is 6.43 Å². The molecule has 0 heterocycles. The summed E-state index contributed by atoms with van der Waals surface area (Å²) < 4.78 is 49.2. The number of alkyl halides is 2. The first-order chi connectivity index (χ1) is 8.16. The van der Waals surface area contributed by atoms with E-state index in [1.54, 1.807) is 0 Å². The van der Waals surface area contributed by atoms with Gasteiger partial charge in [0.1, 0.15) is 0 Å². The average Bonchev–Trinajstić information content (AvgIpc) is 2.22. The maximum absolute atomic E-state index is 12.2. The summed E-state index contributed by atoms with van der Waals surface area (Å²) in [6, 6.07) is 2.51. The lowest BCUT2D eigenvalue weighted by atomic mass is 10.3. The Bertz CT molecular complexity index is 554. The van der Waals surface area contributed by atoms with Gasteiger partial charge in [0.2, 0.25) is 10.0 Å². The monoisotopic (exact) mass is 362 g/mol. The largest absolute Gasteiger partial charge is 0.398 e. The highest BCUT2D eigenvalue weighted by molar-refractivity contribution is 9.10. The zero-order valence-electron chi connectivity index (χ0n) is 9.20. The first kappa shape index (κ1) is 15.6. The van der Waals surface area contributed by atoms with Crippen LogP contribution in [0.4, 0.5) is 14.5 Å². The second-order valence-corrected chi connectivity index (χ2v) is 6.73. The molecule has 1 aromatic carbocycles. The molecule has 0 aromatic heterocycles. The first-order valence-corrected chi connectivity index (χ1v) is 7.26. The molecule has 0 radical (unpaired) electrons. The normalized spacial score (nSPS) is 12.4. The van der Waals surface area contributed by atoms with Gasteiger partial charge in [0.05, 0.1) is 15.9 Å². The molecule has 2 N–H and O–H groups in total. The highest BCUT2D eigenvalue weighted by Crippen LogP contribution is 2.33. The number of halogens is 4. The van der Waals surface area contributed by atoms with Crippen LogP contribution in [-0.4, -0.2) is 32.7 Å². The molecule has 4 nitrogen and oxygen atoms in total. The van der Waals surface area contributed by atoms with Gasteiger partial charge in [-0.1, -0.05) is 11.6 Å². The Morgan fingerprint density at radius 2 is 2.06 bits per heavy atom. The molecule has 0 fully saturated rings. The summed E-state index contributed by atoms with van der Waals surface area (Å²) in [7, 11) is -3.01. The van der Waals surface area contributed by atoms with Crippen LogP contribution in [0, 0.1) is 0 Å². The molecular weight excluding hydrogens is 354 g/mol. The van der Waals surface area contributed by atoms with E-state index in [0.29, 0.717) is 4.31 Å². The Kier molecular flexibility index (Phi) is 4.93. The van der Waals surface area contributed by atoms with Crippen LogP contribution in [0.5, 0.6) is 0 Å². The number of hydrogen-bond donors (Lipinski definition) is 1. The van der Waals surface area contributed by atoms with E-state index in [9.17, 15) is 17.2 Å². The van der Waals surface area contributed by atoms with Gasteiger partial charge < -0.3 is 5.73 Å². The molecule has 0 aliphatic rings. The molecule has 9 heteroatoms. The third-order valence-electron chi connectivity index (χ3n) is 2.12. The summed E-state index contributed by atoms with van der Waals surface area (Å²) in [4.78, 5) is -0.240. The molecular formula is C9H10BrClF2N2O2S. The van der Waals surface area contributed by atoms with Crippen LogP contribution < -0.4 is 5.73 Å². The molecule has 0 atom stereocenters.